The molecule has 0 unspecified atom stereocenters. The van der Waals surface area contributed by atoms with Gasteiger partial charge in [0, 0.05) is 0 Å². The van der Waals surface area contributed by atoms with Crippen molar-refractivity contribution in [2.24, 2.45) is 0 Å². The molecule has 2 heteroatoms. The summed E-state index contributed by atoms with van der Waals surface area (Å²) in [6, 6.07) is 10.0. The summed E-state index contributed by atoms with van der Waals surface area (Å²) in [5.41, 5.74) is 2.02. The van der Waals surface area contributed by atoms with Crippen LogP contribution in [0.25, 0.3) is 6.08 Å². The predicted molar refractivity (Wildman–Crippen MR) is 72.9 cm³/mol. The number of aldehydes is 1. The van der Waals surface area contributed by atoms with Crippen LogP contribution in [0.2, 0.25) is 0 Å². The van der Waals surface area contributed by atoms with E-state index < -0.39 is 0 Å². The van der Waals surface area contributed by atoms with Crippen molar-refractivity contribution in [2.75, 3.05) is 0 Å². The Kier molecular flexibility index (Phi) is 8.98. The van der Waals surface area contributed by atoms with Crippen molar-refractivity contribution in [3.8, 4) is 0 Å². The summed E-state index contributed by atoms with van der Waals surface area (Å²) in [4.78, 5) is 10.9. The molecular weight excluding hydrogens is 212 g/mol. The lowest BCUT2D eigenvalue weighted by molar-refractivity contribution is -0.105. The lowest BCUT2D eigenvalue weighted by Crippen LogP contribution is -1.86. The zero-order chi connectivity index (χ0) is 11.6. The van der Waals surface area contributed by atoms with E-state index in [1.165, 1.54) is 19.3 Å². The summed E-state index contributed by atoms with van der Waals surface area (Å²) in [7, 11) is 0. The lowest BCUT2D eigenvalue weighted by Gasteiger charge is -2.00. The van der Waals surface area contributed by atoms with Gasteiger partial charge in [-0.3, -0.25) is 4.79 Å². The predicted octanol–water partition coefficient (Wildman–Crippen LogP) is 3.41. The minimum absolute atomic E-state index is 0. The monoisotopic (exact) mass is 234 g/mol. The first-order chi connectivity index (χ1) is 7.86. The third-order valence-corrected chi connectivity index (χ3v) is 2.62. The van der Waals surface area contributed by atoms with Gasteiger partial charge < -0.3 is 5.48 Å². The van der Waals surface area contributed by atoms with Crippen LogP contribution in [0.5, 0.6) is 0 Å². The van der Waals surface area contributed by atoms with Crippen LogP contribution in [0.15, 0.2) is 35.9 Å². The quantitative estimate of drug-likeness (QED) is 0.405. The van der Waals surface area contributed by atoms with Crippen molar-refractivity contribution in [1.82, 2.24) is 0 Å². The van der Waals surface area contributed by atoms with E-state index in [2.05, 4.69) is 6.92 Å². The fourth-order valence-electron chi connectivity index (χ4n) is 1.68. The smallest absolute Gasteiger partial charge is 0.146 e. The third-order valence-electron chi connectivity index (χ3n) is 2.62. The van der Waals surface area contributed by atoms with E-state index in [9.17, 15) is 4.79 Å². The summed E-state index contributed by atoms with van der Waals surface area (Å²) in [6.45, 7) is 2.19. The van der Waals surface area contributed by atoms with Gasteiger partial charge in [0.1, 0.15) is 6.29 Å². The summed E-state index contributed by atoms with van der Waals surface area (Å²) in [5, 5.41) is 0. The van der Waals surface area contributed by atoms with Gasteiger partial charge in [-0.1, -0.05) is 56.5 Å². The number of carbonyl (C=O) groups is 1. The summed E-state index contributed by atoms with van der Waals surface area (Å²) in [5.74, 6) is 0. The first kappa shape index (κ1) is 15.6. The SMILES string of the molecule is CCCCCCC(C=O)=Cc1ccccc1.O. The maximum atomic E-state index is 10.9. The van der Waals surface area contributed by atoms with Crippen LogP contribution in [0.4, 0.5) is 0 Å². The molecular formula is C15H22O2. The van der Waals surface area contributed by atoms with Gasteiger partial charge in [-0.2, -0.15) is 0 Å². The van der Waals surface area contributed by atoms with E-state index in [4.69, 9.17) is 0 Å². The topological polar surface area (TPSA) is 48.6 Å². The van der Waals surface area contributed by atoms with Crippen LogP contribution in [0, 0.1) is 0 Å². The van der Waals surface area contributed by atoms with Crippen molar-refractivity contribution in [3.63, 3.8) is 0 Å². The van der Waals surface area contributed by atoms with Gasteiger partial charge in [0.05, 0.1) is 0 Å². The maximum absolute atomic E-state index is 10.9. The molecule has 0 amide bonds. The van der Waals surface area contributed by atoms with Gasteiger partial charge in [0.15, 0.2) is 0 Å². The maximum Gasteiger partial charge on any atom is 0.146 e. The lowest BCUT2D eigenvalue weighted by atomic mass is 10.0. The molecule has 1 rings (SSSR count). The molecule has 0 heterocycles. The van der Waals surface area contributed by atoms with Crippen LogP contribution in [0.3, 0.4) is 0 Å². The molecule has 0 aromatic heterocycles. The van der Waals surface area contributed by atoms with E-state index in [1.807, 2.05) is 36.4 Å². The number of carbonyl (C=O) groups excluding carboxylic acids is 1. The highest BCUT2D eigenvalue weighted by Gasteiger charge is 1.96. The number of benzene rings is 1. The molecule has 0 saturated heterocycles. The Balaban J connectivity index is 0.00000256. The molecule has 0 spiro atoms. The van der Waals surface area contributed by atoms with Crippen molar-refractivity contribution in [2.45, 2.75) is 39.0 Å². The van der Waals surface area contributed by atoms with Crippen LogP contribution in [-0.4, -0.2) is 11.8 Å². The molecule has 1 aromatic rings. The molecule has 0 aliphatic carbocycles. The van der Waals surface area contributed by atoms with Crippen LogP contribution < -0.4 is 0 Å². The van der Waals surface area contributed by atoms with E-state index in [0.29, 0.717) is 0 Å². The first-order valence-corrected chi connectivity index (χ1v) is 6.07. The highest BCUT2D eigenvalue weighted by atomic mass is 16.1. The summed E-state index contributed by atoms with van der Waals surface area (Å²) in [6.07, 6.45) is 8.70. The summed E-state index contributed by atoms with van der Waals surface area (Å²) < 4.78 is 0. The third kappa shape index (κ3) is 6.69. The molecule has 94 valence electrons. The molecule has 0 aliphatic rings. The van der Waals surface area contributed by atoms with E-state index >= 15 is 0 Å². The number of rotatable bonds is 7. The number of hydrogen-bond acceptors (Lipinski definition) is 1. The van der Waals surface area contributed by atoms with Crippen LogP contribution in [-0.2, 0) is 4.79 Å². The molecule has 0 radical (unpaired) electrons. The van der Waals surface area contributed by atoms with Gasteiger partial charge in [0.25, 0.3) is 0 Å². The number of hydrogen-bond donors (Lipinski definition) is 0. The molecule has 0 aliphatic heterocycles. The van der Waals surface area contributed by atoms with Crippen molar-refractivity contribution < 1.29 is 10.3 Å². The Morgan fingerprint density at radius 3 is 2.41 bits per heavy atom. The van der Waals surface area contributed by atoms with E-state index in [0.717, 1.165) is 30.3 Å². The zero-order valence-corrected chi connectivity index (χ0v) is 10.5. The summed E-state index contributed by atoms with van der Waals surface area (Å²) >= 11 is 0. The average Bonchev–Trinajstić information content (AvgIpc) is 2.34. The van der Waals surface area contributed by atoms with Crippen molar-refractivity contribution in [1.29, 1.82) is 0 Å². The average molecular weight is 234 g/mol. The molecule has 0 atom stereocenters. The Hall–Kier alpha value is -1.41. The molecule has 0 saturated carbocycles. The second-order valence-corrected chi connectivity index (χ2v) is 4.06. The number of allylic oxidation sites excluding steroid dienone is 1. The van der Waals surface area contributed by atoms with Crippen LogP contribution >= 0.6 is 0 Å². The Morgan fingerprint density at radius 1 is 1.12 bits per heavy atom. The minimum atomic E-state index is 0. The van der Waals surface area contributed by atoms with E-state index in [1.54, 1.807) is 0 Å². The largest absolute Gasteiger partial charge is 0.412 e. The minimum Gasteiger partial charge on any atom is -0.412 e. The second kappa shape index (κ2) is 9.79. The zero-order valence-electron chi connectivity index (χ0n) is 10.5. The molecule has 2 N–H and O–H groups in total. The molecule has 1 aromatic carbocycles. The fraction of sp³-hybridized carbons (Fsp3) is 0.400. The Morgan fingerprint density at radius 2 is 1.82 bits per heavy atom. The highest BCUT2D eigenvalue weighted by Crippen LogP contribution is 2.12. The Labute approximate surface area is 104 Å². The highest BCUT2D eigenvalue weighted by molar-refractivity contribution is 5.81. The van der Waals surface area contributed by atoms with Crippen LogP contribution in [0.1, 0.15) is 44.6 Å². The van der Waals surface area contributed by atoms with Gasteiger partial charge in [-0.25, -0.2) is 0 Å². The van der Waals surface area contributed by atoms with Gasteiger partial charge in [-0.05, 0) is 30.1 Å². The fourth-order valence-corrected chi connectivity index (χ4v) is 1.68. The normalized spacial score (nSPS) is 10.8. The van der Waals surface area contributed by atoms with Gasteiger partial charge >= 0.3 is 0 Å². The number of unbranched alkanes of at least 4 members (excludes halogenated alkanes) is 3. The van der Waals surface area contributed by atoms with E-state index in [-0.39, 0.29) is 5.48 Å². The molecule has 0 bridgehead atoms. The molecule has 2 nitrogen and oxygen atoms in total. The standard InChI is InChI=1S/C15H20O.H2O/c1-2-3-4-6-11-15(13-16)12-14-9-7-5-8-10-14;/h5,7-10,12-13H,2-4,6,11H2,1H3;1H2. The first-order valence-electron chi connectivity index (χ1n) is 6.07. The Bertz CT molecular complexity index is 328. The van der Waals surface area contributed by atoms with Crippen molar-refractivity contribution >= 4 is 12.4 Å². The van der Waals surface area contributed by atoms with Gasteiger partial charge in [0.2, 0.25) is 0 Å². The van der Waals surface area contributed by atoms with Gasteiger partial charge in [-0.15, -0.1) is 0 Å². The molecule has 17 heavy (non-hydrogen) atoms. The van der Waals surface area contributed by atoms with Crippen molar-refractivity contribution in [3.05, 3.63) is 41.5 Å². The second-order valence-electron chi connectivity index (χ2n) is 4.06. The molecule has 0 fully saturated rings.